The quantitative estimate of drug-likeness (QED) is 0.652. The third-order valence-electron chi connectivity index (χ3n) is 3.23. The van der Waals surface area contributed by atoms with Gasteiger partial charge >= 0.3 is 6.09 Å². The summed E-state index contributed by atoms with van der Waals surface area (Å²) in [6, 6.07) is -0.0451. The Labute approximate surface area is 89.0 Å². The Kier molecular flexibility index (Phi) is 3.94. The van der Waals surface area contributed by atoms with Crippen LogP contribution in [0.25, 0.3) is 0 Å². The molecular weight excluding hydrogens is 196 g/mol. The first kappa shape index (κ1) is 11.8. The summed E-state index contributed by atoms with van der Waals surface area (Å²) < 4.78 is 0. The lowest BCUT2D eigenvalue weighted by molar-refractivity contribution is -0.123. The van der Waals surface area contributed by atoms with E-state index in [0.29, 0.717) is 5.92 Å². The molecule has 2 amide bonds. The van der Waals surface area contributed by atoms with Gasteiger partial charge in [0.2, 0.25) is 5.91 Å². The Morgan fingerprint density at radius 1 is 1.33 bits per heavy atom. The van der Waals surface area contributed by atoms with E-state index in [0.717, 1.165) is 25.7 Å². The normalized spacial score (nSPS) is 28.1. The molecule has 0 aromatic rings. The number of carbonyl (C=O) groups is 2. The van der Waals surface area contributed by atoms with Gasteiger partial charge in [0.15, 0.2) is 0 Å². The number of nitrogens with two attached hydrogens (primary N) is 1. The second kappa shape index (κ2) is 5.00. The molecule has 0 spiro atoms. The Hall–Kier alpha value is -1.26. The monoisotopic (exact) mass is 214 g/mol. The van der Waals surface area contributed by atoms with Crippen LogP contribution in [0.3, 0.4) is 0 Å². The molecule has 0 aliphatic heterocycles. The minimum Gasteiger partial charge on any atom is -0.465 e. The highest BCUT2D eigenvalue weighted by atomic mass is 16.4. The van der Waals surface area contributed by atoms with Crippen molar-refractivity contribution in [3.8, 4) is 0 Å². The molecule has 0 aromatic carbocycles. The lowest BCUT2D eigenvalue weighted by Gasteiger charge is -2.30. The zero-order chi connectivity index (χ0) is 11.4. The van der Waals surface area contributed by atoms with E-state index in [9.17, 15) is 9.59 Å². The molecule has 0 saturated heterocycles. The van der Waals surface area contributed by atoms with Crippen LogP contribution in [0, 0.1) is 11.8 Å². The average Bonchev–Trinajstić information content (AvgIpc) is 2.17. The zero-order valence-electron chi connectivity index (χ0n) is 8.90. The molecule has 5 heteroatoms. The topological polar surface area (TPSA) is 92.4 Å². The van der Waals surface area contributed by atoms with Crippen molar-refractivity contribution in [2.45, 2.75) is 38.6 Å². The smallest absolute Gasteiger partial charge is 0.404 e. The molecule has 1 rings (SSSR count). The summed E-state index contributed by atoms with van der Waals surface area (Å²) in [5, 5.41) is 11.0. The molecule has 15 heavy (non-hydrogen) atoms. The molecule has 86 valence electrons. The highest BCUT2D eigenvalue weighted by Gasteiger charge is 2.28. The Bertz CT molecular complexity index is 247. The number of primary amides is 1. The van der Waals surface area contributed by atoms with Gasteiger partial charge in [0.25, 0.3) is 0 Å². The van der Waals surface area contributed by atoms with Crippen LogP contribution in [-0.4, -0.2) is 23.1 Å². The van der Waals surface area contributed by atoms with Gasteiger partial charge in [-0.3, -0.25) is 4.79 Å². The van der Waals surface area contributed by atoms with Crippen molar-refractivity contribution in [2.24, 2.45) is 17.6 Å². The second-order valence-electron chi connectivity index (χ2n) is 4.25. The summed E-state index contributed by atoms with van der Waals surface area (Å²) in [5.74, 6) is 0.0854. The number of amides is 2. The van der Waals surface area contributed by atoms with Crippen LogP contribution in [0.4, 0.5) is 4.79 Å². The number of carboxylic acid groups (broad SMARTS) is 1. The van der Waals surface area contributed by atoms with Gasteiger partial charge in [0, 0.05) is 12.0 Å². The summed E-state index contributed by atoms with van der Waals surface area (Å²) in [6.07, 6.45) is 2.32. The average molecular weight is 214 g/mol. The van der Waals surface area contributed by atoms with Crippen LogP contribution in [0.2, 0.25) is 0 Å². The number of nitrogens with one attached hydrogen (secondary N) is 1. The molecule has 1 unspecified atom stereocenters. The largest absolute Gasteiger partial charge is 0.465 e. The molecule has 5 nitrogen and oxygen atoms in total. The van der Waals surface area contributed by atoms with Crippen LogP contribution in [0.1, 0.15) is 32.6 Å². The van der Waals surface area contributed by atoms with Crippen molar-refractivity contribution in [2.75, 3.05) is 0 Å². The van der Waals surface area contributed by atoms with Gasteiger partial charge in [-0.05, 0) is 38.5 Å². The molecule has 1 aliphatic rings. The third kappa shape index (κ3) is 3.42. The van der Waals surface area contributed by atoms with Gasteiger partial charge in [0.1, 0.15) is 0 Å². The number of carbonyl (C=O) groups excluding carboxylic acids is 1. The van der Waals surface area contributed by atoms with Gasteiger partial charge in [0.05, 0.1) is 0 Å². The van der Waals surface area contributed by atoms with E-state index in [2.05, 4.69) is 5.32 Å². The van der Waals surface area contributed by atoms with Gasteiger partial charge in [-0.15, -0.1) is 0 Å². The van der Waals surface area contributed by atoms with Crippen molar-refractivity contribution in [1.82, 2.24) is 5.32 Å². The first-order valence-corrected chi connectivity index (χ1v) is 5.29. The minimum atomic E-state index is -0.987. The molecule has 0 aromatic heterocycles. The molecular formula is C10H18N2O3. The molecule has 0 radical (unpaired) electrons. The van der Waals surface area contributed by atoms with E-state index in [1.54, 1.807) is 0 Å². The number of rotatable bonds is 3. The fraction of sp³-hybridized carbons (Fsp3) is 0.800. The first-order chi connectivity index (χ1) is 7.00. The standard InChI is InChI=1S/C10H18N2O3/c1-6(12-10(14)15)7-2-4-8(5-3-7)9(11)13/h6-8,12H,2-5H2,1H3,(H2,11,13)(H,14,15)/t6?,7-,8-. The summed E-state index contributed by atoms with van der Waals surface area (Å²) in [6.45, 7) is 1.86. The second-order valence-corrected chi connectivity index (χ2v) is 4.25. The van der Waals surface area contributed by atoms with Gasteiger partial charge in [-0.2, -0.15) is 0 Å². The predicted octanol–water partition coefficient (Wildman–Crippen LogP) is 0.934. The third-order valence-corrected chi connectivity index (χ3v) is 3.23. The van der Waals surface area contributed by atoms with E-state index >= 15 is 0 Å². The van der Waals surface area contributed by atoms with Crippen LogP contribution in [-0.2, 0) is 4.79 Å². The molecule has 4 N–H and O–H groups in total. The summed E-state index contributed by atoms with van der Waals surface area (Å²) in [4.78, 5) is 21.4. The highest BCUT2D eigenvalue weighted by molar-refractivity contribution is 5.76. The maximum atomic E-state index is 10.9. The van der Waals surface area contributed by atoms with Crippen LogP contribution in [0.15, 0.2) is 0 Å². The van der Waals surface area contributed by atoms with Crippen molar-refractivity contribution >= 4 is 12.0 Å². The molecule has 0 bridgehead atoms. The summed E-state index contributed by atoms with van der Waals surface area (Å²) in [5.41, 5.74) is 5.22. The molecule has 0 heterocycles. The van der Waals surface area contributed by atoms with Gasteiger partial charge in [-0.1, -0.05) is 0 Å². The lowest BCUT2D eigenvalue weighted by Crippen LogP contribution is -2.40. The van der Waals surface area contributed by atoms with Crippen molar-refractivity contribution in [3.05, 3.63) is 0 Å². The SMILES string of the molecule is CC(NC(=O)O)[C@H]1CC[C@H](C(N)=O)CC1. The van der Waals surface area contributed by atoms with Crippen LogP contribution < -0.4 is 11.1 Å². The maximum absolute atomic E-state index is 10.9. The zero-order valence-corrected chi connectivity index (χ0v) is 8.90. The minimum absolute atomic E-state index is 0.0155. The molecule has 1 aliphatic carbocycles. The van der Waals surface area contributed by atoms with Crippen molar-refractivity contribution in [3.63, 3.8) is 0 Å². The Morgan fingerprint density at radius 3 is 2.27 bits per heavy atom. The van der Waals surface area contributed by atoms with Crippen molar-refractivity contribution in [1.29, 1.82) is 0 Å². The van der Waals surface area contributed by atoms with Gasteiger partial charge in [-0.25, -0.2) is 4.79 Å². The van der Waals surface area contributed by atoms with E-state index in [4.69, 9.17) is 10.8 Å². The molecule has 1 atom stereocenters. The van der Waals surface area contributed by atoms with E-state index in [-0.39, 0.29) is 17.9 Å². The van der Waals surface area contributed by atoms with E-state index in [1.807, 2.05) is 6.92 Å². The number of hydrogen-bond donors (Lipinski definition) is 3. The highest BCUT2D eigenvalue weighted by Crippen LogP contribution is 2.30. The number of hydrogen-bond acceptors (Lipinski definition) is 2. The summed E-state index contributed by atoms with van der Waals surface area (Å²) >= 11 is 0. The van der Waals surface area contributed by atoms with E-state index < -0.39 is 6.09 Å². The van der Waals surface area contributed by atoms with Crippen LogP contribution in [0.5, 0.6) is 0 Å². The summed E-state index contributed by atoms with van der Waals surface area (Å²) in [7, 11) is 0. The fourth-order valence-corrected chi connectivity index (χ4v) is 2.22. The predicted molar refractivity (Wildman–Crippen MR) is 55.3 cm³/mol. The van der Waals surface area contributed by atoms with E-state index in [1.165, 1.54) is 0 Å². The molecule has 1 saturated carbocycles. The molecule has 1 fully saturated rings. The maximum Gasteiger partial charge on any atom is 0.404 e. The Morgan fingerprint density at radius 2 is 1.87 bits per heavy atom. The van der Waals surface area contributed by atoms with Gasteiger partial charge < -0.3 is 16.2 Å². The first-order valence-electron chi connectivity index (χ1n) is 5.29. The fourth-order valence-electron chi connectivity index (χ4n) is 2.22. The van der Waals surface area contributed by atoms with Crippen molar-refractivity contribution < 1.29 is 14.7 Å². The van der Waals surface area contributed by atoms with Crippen LogP contribution >= 0.6 is 0 Å². The Balaban J connectivity index is 2.36. The lowest BCUT2D eigenvalue weighted by atomic mass is 9.78.